The molecule has 0 saturated heterocycles. The van der Waals surface area contributed by atoms with Crippen LogP contribution in [-0.4, -0.2) is 25.3 Å². The number of Topliss-reactive ketones (excluding diaryl/α,β-unsaturated/α-hetero) is 1. The number of likely N-dealkylation sites (N-methyl/N-ethyl adjacent to an activating group) is 1. The van der Waals surface area contributed by atoms with Crippen molar-refractivity contribution in [1.82, 2.24) is 0 Å². The van der Waals surface area contributed by atoms with Gasteiger partial charge in [0.15, 0.2) is 0 Å². The van der Waals surface area contributed by atoms with Crippen LogP contribution in [-0.2, 0) is 4.79 Å². The minimum atomic E-state index is -0.487. The molecule has 1 aromatic carbocycles. The van der Waals surface area contributed by atoms with Crippen molar-refractivity contribution in [2.75, 3.05) is 18.6 Å². The predicted octanol–water partition coefficient (Wildman–Crippen LogP) is 1.24. The molecule has 0 fully saturated rings. The lowest BCUT2D eigenvalue weighted by molar-refractivity contribution is -0.114. The number of anilines is 1. The van der Waals surface area contributed by atoms with Gasteiger partial charge >= 0.3 is 0 Å². The van der Waals surface area contributed by atoms with E-state index in [1.807, 2.05) is 6.92 Å². The Labute approximate surface area is 87.4 Å². The summed E-state index contributed by atoms with van der Waals surface area (Å²) in [6.45, 7) is 2.41. The standard InChI is InChI=1S/C11H11NO3/c1-3-15-7-4-5-9-8(6-7)10(13)11(14)12(9)2/h4-6H,3H2,1-2H3. The Balaban J connectivity index is 2.47. The van der Waals surface area contributed by atoms with E-state index in [1.165, 1.54) is 4.90 Å². The number of ketones is 1. The van der Waals surface area contributed by atoms with Gasteiger partial charge in [-0.1, -0.05) is 0 Å². The van der Waals surface area contributed by atoms with Crippen molar-refractivity contribution < 1.29 is 14.3 Å². The third kappa shape index (κ3) is 1.38. The van der Waals surface area contributed by atoms with Crippen LogP contribution in [0.5, 0.6) is 5.75 Å². The number of carbonyl (C=O) groups is 2. The Hall–Kier alpha value is -1.84. The summed E-state index contributed by atoms with van der Waals surface area (Å²) < 4.78 is 5.27. The number of carbonyl (C=O) groups excluding carboxylic acids is 2. The van der Waals surface area contributed by atoms with E-state index in [0.717, 1.165) is 0 Å². The average molecular weight is 205 g/mol. The Morgan fingerprint density at radius 3 is 2.73 bits per heavy atom. The number of amides is 1. The van der Waals surface area contributed by atoms with Gasteiger partial charge in [-0.2, -0.15) is 0 Å². The van der Waals surface area contributed by atoms with Gasteiger partial charge in [-0.15, -0.1) is 0 Å². The second kappa shape index (κ2) is 3.38. The number of rotatable bonds is 2. The number of hydrogen-bond donors (Lipinski definition) is 0. The number of benzene rings is 1. The first-order valence-corrected chi connectivity index (χ1v) is 4.74. The fraction of sp³-hybridized carbons (Fsp3) is 0.273. The highest BCUT2D eigenvalue weighted by Gasteiger charge is 2.33. The van der Waals surface area contributed by atoms with Gasteiger partial charge in [-0.05, 0) is 25.1 Å². The highest BCUT2D eigenvalue weighted by molar-refractivity contribution is 6.52. The first kappa shape index (κ1) is 9.71. The minimum absolute atomic E-state index is 0.424. The van der Waals surface area contributed by atoms with E-state index in [-0.39, 0.29) is 0 Å². The highest BCUT2D eigenvalue weighted by Crippen LogP contribution is 2.30. The molecular weight excluding hydrogens is 194 g/mol. The summed E-state index contributed by atoms with van der Waals surface area (Å²) in [5, 5.41) is 0. The molecule has 0 atom stereocenters. The molecule has 1 amide bonds. The number of fused-ring (bicyclic) bond motifs is 1. The van der Waals surface area contributed by atoms with E-state index in [0.29, 0.717) is 23.6 Å². The molecule has 0 saturated carbocycles. The Morgan fingerprint density at radius 2 is 2.07 bits per heavy atom. The van der Waals surface area contributed by atoms with Crippen molar-refractivity contribution in [2.45, 2.75) is 6.92 Å². The number of hydrogen-bond acceptors (Lipinski definition) is 3. The summed E-state index contributed by atoms with van der Waals surface area (Å²) in [6.07, 6.45) is 0. The third-order valence-corrected chi connectivity index (χ3v) is 2.38. The van der Waals surface area contributed by atoms with E-state index in [9.17, 15) is 9.59 Å². The van der Waals surface area contributed by atoms with E-state index in [4.69, 9.17) is 4.74 Å². The van der Waals surface area contributed by atoms with Crippen LogP contribution >= 0.6 is 0 Å². The fourth-order valence-electron chi connectivity index (χ4n) is 1.62. The lowest BCUT2D eigenvalue weighted by Crippen LogP contribution is -2.24. The first-order valence-electron chi connectivity index (χ1n) is 4.74. The summed E-state index contributed by atoms with van der Waals surface area (Å²) in [5.41, 5.74) is 1.07. The van der Waals surface area contributed by atoms with Crippen molar-refractivity contribution in [2.24, 2.45) is 0 Å². The average Bonchev–Trinajstić information content (AvgIpc) is 2.45. The quantitative estimate of drug-likeness (QED) is 0.682. The van der Waals surface area contributed by atoms with Crippen molar-refractivity contribution >= 4 is 17.4 Å². The smallest absolute Gasteiger partial charge is 0.299 e. The zero-order chi connectivity index (χ0) is 11.0. The molecule has 1 aliphatic rings. The minimum Gasteiger partial charge on any atom is -0.494 e. The normalized spacial score (nSPS) is 14.4. The van der Waals surface area contributed by atoms with Gasteiger partial charge in [-0.3, -0.25) is 9.59 Å². The monoisotopic (exact) mass is 205 g/mol. The molecule has 0 N–H and O–H groups in total. The summed E-state index contributed by atoms with van der Waals surface area (Å²) in [5.74, 6) is -0.333. The van der Waals surface area contributed by atoms with Crippen molar-refractivity contribution in [3.63, 3.8) is 0 Å². The maximum absolute atomic E-state index is 11.5. The summed E-state index contributed by atoms with van der Waals surface area (Å²) in [7, 11) is 1.59. The van der Waals surface area contributed by atoms with Crippen LogP contribution in [0.4, 0.5) is 5.69 Å². The number of nitrogens with zero attached hydrogens (tertiary/aromatic N) is 1. The number of ether oxygens (including phenoxy) is 1. The highest BCUT2D eigenvalue weighted by atomic mass is 16.5. The van der Waals surface area contributed by atoms with Crippen LogP contribution in [0.1, 0.15) is 17.3 Å². The van der Waals surface area contributed by atoms with E-state index in [1.54, 1.807) is 25.2 Å². The molecule has 0 aliphatic carbocycles. The summed E-state index contributed by atoms with van der Waals surface area (Å²) in [4.78, 5) is 24.2. The van der Waals surface area contributed by atoms with Crippen LogP contribution in [0.25, 0.3) is 0 Å². The van der Waals surface area contributed by atoms with Gasteiger partial charge in [0.2, 0.25) is 0 Å². The van der Waals surface area contributed by atoms with Crippen LogP contribution in [0, 0.1) is 0 Å². The zero-order valence-corrected chi connectivity index (χ0v) is 8.61. The molecule has 0 aromatic heterocycles. The van der Waals surface area contributed by atoms with Crippen molar-refractivity contribution in [1.29, 1.82) is 0 Å². The molecule has 0 bridgehead atoms. The lowest BCUT2D eigenvalue weighted by atomic mass is 10.1. The maximum atomic E-state index is 11.5. The van der Waals surface area contributed by atoms with E-state index >= 15 is 0 Å². The molecule has 4 nitrogen and oxygen atoms in total. The van der Waals surface area contributed by atoms with Gasteiger partial charge in [0.1, 0.15) is 5.75 Å². The Kier molecular flexibility index (Phi) is 2.19. The molecule has 15 heavy (non-hydrogen) atoms. The van der Waals surface area contributed by atoms with Crippen LogP contribution in [0.3, 0.4) is 0 Å². The first-order chi connectivity index (χ1) is 7.15. The molecule has 1 heterocycles. The maximum Gasteiger partial charge on any atom is 0.299 e. The van der Waals surface area contributed by atoms with E-state index in [2.05, 4.69) is 0 Å². The van der Waals surface area contributed by atoms with Crippen LogP contribution in [0.15, 0.2) is 18.2 Å². The topological polar surface area (TPSA) is 46.6 Å². The van der Waals surface area contributed by atoms with Gasteiger partial charge in [0.05, 0.1) is 17.9 Å². The molecule has 2 rings (SSSR count). The van der Waals surface area contributed by atoms with Crippen LogP contribution < -0.4 is 9.64 Å². The molecule has 0 unspecified atom stereocenters. The molecule has 1 aromatic rings. The van der Waals surface area contributed by atoms with Crippen molar-refractivity contribution in [3.8, 4) is 5.75 Å². The summed E-state index contributed by atoms with van der Waals surface area (Å²) in [6, 6.07) is 5.09. The molecule has 4 heteroatoms. The Morgan fingerprint density at radius 1 is 1.33 bits per heavy atom. The second-order valence-electron chi connectivity index (χ2n) is 3.31. The van der Waals surface area contributed by atoms with Gasteiger partial charge < -0.3 is 9.64 Å². The molecule has 0 radical (unpaired) electrons. The third-order valence-electron chi connectivity index (χ3n) is 2.38. The van der Waals surface area contributed by atoms with E-state index < -0.39 is 11.7 Å². The molecule has 1 aliphatic heterocycles. The predicted molar refractivity (Wildman–Crippen MR) is 55.4 cm³/mol. The van der Waals surface area contributed by atoms with Gasteiger partial charge in [0, 0.05) is 7.05 Å². The SMILES string of the molecule is CCOc1ccc2c(c1)C(=O)C(=O)N2C. The molecule has 0 spiro atoms. The van der Waals surface area contributed by atoms with Crippen LogP contribution in [0.2, 0.25) is 0 Å². The largest absolute Gasteiger partial charge is 0.494 e. The van der Waals surface area contributed by atoms with Crippen molar-refractivity contribution in [3.05, 3.63) is 23.8 Å². The lowest BCUT2D eigenvalue weighted by Gasteiger charge is -2.09. The second-order valence-corrected chi connectivity index (χ2v) is 3.31. The zero-order valence-electron chi connectivity index (χ0n) is 8.61. The molecule has 78 valence electrons. The fourth-order valence-corrected chi connectivity index (χ4v) is 1.62. The Bertz CT molecular complexity index is 439. The molecular formula is C11H11NO3. The van der Waals surface area contributed by atoms with Gasteiger partial charge in [-0.25, -0.2) is 0 Å². The van der Waals surface area contributed by atoms with Gasteiger partial charge in [0.25, 0.3) is 11.7 Å². The summed E-state index contributed by atoms with van der Waals surface area (Å²) >= 11 is 0.